The number of ether oxygens (including phenoxy) is 2. The zero-order valence-electron chi connectivity index (χ0n) is 20.1. The Morgan fingerprint density at radius 2 is 1.15 bits per heavy atom. The standard InChI is InChI=1S/C26H16F7NO7/c27-17-9-1-2-10-18(17)34-21(35)19(40-23(38)13-5-3-7-15(11-13)25(28,29)30)20(22(36)37)41-24(39)14-6-4-8-16(12-14)26(31,32)33/h1-12,19-20H,(H,34,35)(H,36,37)/t19-,20-/m1/s1. The van der Waals surface area contributed by atoms with E-state index in [-0.39, 0.29) is 0 Å². The van der Waals surface area contributed by atoms with Crippen LogP contribution in [0.1, 0.15) is 31.8 Å². The first kappa shape index (κ1) is 30.6. The van der Waals surface area contributed by atoms with Gasteiger partial charge in [0.05, 0.1) is 27.9 Å². The van der Waals surface area contributed by atoms with Crippen molar-refractivity contribution >= 4 is 29.5 Å². The second kappa shape index (κ2) is 12.1. The quantitative estimate of drug-likeness (QED) is 0.270. The molecule has 0 radical (unpaired) electrons. The lowest BCUT2D eigenvalue weighted by molar-refractivity contribution is -0.157. The van der Waals surface area contributed by atoms with Crippen molar-refractivity contribution in [3.63, 3.8) is 0 Å². The fourth-order valence-corrected chi connectivity index (χ4v) is 3.27. The topological polar surface area (TPSA) is 119 Å². The Bertz CT molecular complexity index is 1470. The highest BCUT2D eigenvalue weighted by Crippen LogP contribution is 2.31. The lowest BCUT2D eigenvalue weighted by Gasteiger charge is -2.24. The number of rotatable bonds is 8. The van der Waals surface area contributed by atoms with Gasteiger partial charge in [0.1, 0.15) is 5.82 Å². The van der Waals surface area contributed by atoms with Crippen molar-refractivity contribution in [2.24, 2.45) is 0 Å². The van der Waals surface area contributed by atoms with Crippen LogP contribution in [-0.4, -0.2) is 41.1 Å². The van der Waals surface area contributed by atoms with Crippen molar-refractivity contribution < 1.29 is 64.5 Å². The third kappa shape index (κ3) is 7.80. The van der Waals surface area contributed by atoms with Crippen LogP contribution in [0.15, 0.2) is 72.8 Å². The number of para-hydroxylation sites is 1. The molecule has 1 amide bonds. The minimum Gasteiger partial charge on any atom is -0.478 e. The molecule has 0 unspecified atom stereocenters. The van der Waals surface area contributed by atoms with Crippen molar-refractivity contribution in [1.82, 2.24) is 0 Å². The molecule has 0 aliphatic rings. The van der Waals surface area contributed by atoms with E-state index in [0.717, 1.165) is 36.4 Å². The van der Waals surface area contributed by atoms with Crippen LogP contribution >= 0.6 is 0 Å². The molecule has 216 valence electrons. The van der Waals surface area contributed by atoms with Crippen LogP contribution in [0.2, 0.25) is 0 Å². The molecule has 8 nitrogen and oxygen atoms in total. The van der Waals surface area contributed by atoms with E-state index in [4.69, 9.17) is 9.47 Å². The van der Waals surface area contributed by atoms with Crippen molar-refractivity contribution in [1.29, 1.82) is 0 Å². The van der Waals surface area contributed by atoms with Crippen LogP contribution in [-0.2, 0) is 31.4 Å². The summed E-state index contributed by atoms with van der Waals surface area (Å²) in [5.41, 5.74) is -4.75. The Morgan fingerprint density at radius 3 is 1.59 bits per heavy atom. The smallest absolute Gasteiger partial charge is 0.416 e. The molecule has 3 aromatic carbocycles. The summed E-state index contributed by atoms with van der Waals surface area (Å²) in [4.78, 5) is 50.3. The number of amides is 1. The highest BCUT2D eigenvalue weighted by Gasteiger charge is 2.42. The minimum atomic E-state index is -4.90. The molecule has 0 bridgehead atoms. The van der Waals surface area contributed by atoms with Gasteiger partial charge in [-0.2, -0.15) is 26.3 Å². The first-order chi connectivity index (χ1) is 19.1. The summed E-state index contributed by atoms with van der Waals surface area (Å²) in [5, 5.41) is 11.6. The Balaban J connectivity index is 1.98. The molecule has 15 heteroatoms. The average Bonchev–Trinajstić information content (AvgIpc) is 2.90. The number of hydrogen-bond donors (Lipinski definition) is 2. The average molecular weight is 587 g/mol. The second-order valence-electron chi connectivity index (χ2n) is 8.12. The van der Waals surface area contributed by atoms with E-state index < -0.39 is 82.1 Å². The summed E-state index contributed by atoms with van der Waals surface area (Å²) in [5.74, 6) is -8.14. The van der Waals surface area contributed by atoms with Crippen LogP contribution in [0, 0.1) is 5.82 Å². The Morgan fingerprint density at radius 1 is 0.683 bits per heavy atom. The molecule has 0 aliphatic heterocycles. The zero-order chi connectivity index (χ0) is 30.5. The summed E-state index contributed by atoms with van der Waals surface area (Å²) < 4.78 is 102. The van der Waals surface area contributed by atoms with Gasteiger partial charge in [-0.1, -0.05) is 24.3 Å². The van der Waals surface area contributed by atoms with Gasteiger partial charge in [-0.25, -0.2) is 18.8 Å². The van der Waals surface area contributed by atoms with Crippen LogP contribution in [0.4, 0.5) is 36.4 Å². The van der Waals surface area contributed by atoms with Crippen molar-refractivity contribution in [3.8, 4) is 0 Å². The van der Waals surface area contributed by atoms with Gasteiger partial charge < -0.3 is 19.9 Å². The molecule has 41 heavy (non-hydrogen) atoms. The second-order valence-corrected chi connectivity index (χ2v) is 8.12. The molecule has 0 spiro atoms. The van der Waals surface area contributed by atoms with Gasteiger partial charge in [0.25, 0.3) is 5.91 Å². The Hall–Kier alpha value is -4.95. The summed E-state index contributed by atoms with van der Waals surface area (Å²) in [6, 6.07) is 9.56. The molecule has 3 aromatic rings. The van der Waals surface area contributed by atoms with E-state index in [1.165, 1.54) is 12.1 Å². The van der Waals surface area contributed by atoms with Crippen molar-refractivity contribution in [2.45, 2.75) is 24.6 Å². The first-order valence-electron chi connectivity index (χ1n) is 11.1. The monoisotopic (exact) mass is 587 g/mol. The number of carboxylic acids is 1. The number of carboxylic acid groups (broad SMARTS) is 1. The van der Waals surface area contributed by atoms with Crippen LogP contribution in [0.3, 0.4) is 0 Å². The fraction of sp³-hybridized carbons (Fsp3) is 0.154. The van der Waals surface area contributed by atoms with E-state index in [2.05, 4.69) is 0 Å². The zero-order valence-corrected chi connectivity index (χ0v) is 20.1. The number of anilines is 1. The molecule has 2 atom stereocenters. The number of hydrogen-bond acceptors (Lipinski definition) is 6. The number of halogens is 7. The Kier molecular flexibility index (Phi) is 9.00. The number of nitrogens with one attached hydrogen (secondary N) is 1. The van der Waals surface area contributed by atoms with E-state index in [9.17, 15) is 55.0 Å². The molecule has 0 heterocycles. The molecular weight excluding hydrogens is 571 g/mol. The summed E-state index contributed by atoms with van der Waals surface area (Å²) in [7, 11) is 0. The summed E-state index contributed by atoms with van der Waals surface area (Å²) in [6.45, 7) is 0. The number of alkyl halides is 6. The summed E-state index contributed by atoms with van der Waals surface area (Å²) >= 11 is 0. The van der Waals surface area contributed by atoms with Crippen molar-refractivity contribution in [2.75, 3.05) is 5.32 Å². The maximum absolute atomic E-state index is 14.1. The van der Waals surface area contributed by atoms with Gasteiger partial charge in [-0.15, -0.1) is 0 Å². The molecule has 2 N–H and O–H groups in total. The predicted octanol–water partition coefficient (Wildman–Crippen LogP) is 5.34. The van der Waals surface area contributed by atoms with Gasteiger partial charge in [0.2, 0.25) is 12.2 Å². The number of carbonyl (C=O) groups is 4. The molecule has 0 aromatic heterocycles. The van der Waals surface area contributed by atoms with E-state index in [1.807, 2.05) is 5.32 Å². The molecule has 0 fully saturated rings. The van der Waals surface area contributed by atoms with Crippen LogP contribution in [0.25, 0.3) is 0 Å². The third-order valence-corrected chi connectivity index (χ3v) is 5.23. The third-order valence-electron chi connectivity index (χ3n) is 5.23. The van der Waals surface area contributed by atoms with Gasteiger partial charge >= 0.3 is 30.3 Å². The van der Waals surface area contributed by atoms with Crippen LogP contribution < -0.4 is 5.32 Å². The highest BCUT2D eigenvalue weighted by molar-refractivity contribution is 6.01. The van der Waals surface area contributed by atoms with Gasteiger partial charge in [0.15, 0.2) is 0 Å². The molecular formula is C26H16F7NO7. The largest absolute Gasteiger partial charge is 0.478 e. The highest BCUT2D eigenvalue weighted by atomic mass is 19.4. The lowest BCUT2D eigenvalue weighted by atomic mass is 10.1. The normalized spacial score (nSPS) is 13.0. The summed E-state index contributed by atoms with van der Waals surface area (Å²) in [6.07, 6.45) is -15.2. The van der Waals surface area contributed by atoms with Crippen LogP contribution in [0.5, 0.6) is 0 Å². The maximum Gasteiger partial charge on any atom is 0.416 e. The SMILES string of the molecule is O=C(O[C@@H](C(=O)O)[C@@H](OC(=O)c1cccc(C(F)(F)F)c1)C(=O)Nc1ccccc1F)c1cccc(C(F)(F)F)c1. The molecule has 0 aliphatic carbocycles. The number of carbonyl (C=O) groups excluding carboxylic acids is 3. The number of esters is 2. The lowest BCUT2D eigenvalue weighted by Crippen LogP contribution is -2.48. The Labute approximate surface area is 225 Å². The molecule has 0 saturated heterocycles. The van der Waals surface area contributed by atoms with E-state index in [0.29, 0.717) is 24.3 Å². The minimum absolute atomic E-state index is 0.324. The number of aliphatic carboxylic acids is 1. The maximum atomic E-state index is 14.1. The molecule has 0 saturated carbocycles. The van der Waals surface area contributed by atoms with E-state index >= 15 is 0 Å². The van der Waals surface area contributed by atoms with Crippen molar-refractivity contribution in [3.05, 3.63) is 101 Å². The first-order valence-corrected chi connectivity index (χ1v) is 11.1. The van der Waals surface area contributed by atoms with Gasteiger partial charge in [0, 0.05) is 0 Å². The van der Waals surface area contributed by atoms with Gasteiger partial charge in [-0.3, -0.25) is 4.79 Å². The fourth-order valence-electron chi connectivity index (χ4n) is 3.27. The predicted molar refractivity (Wildman–Crippen MR) is 124 cm³/mol. The van der Waals surface area contributed by atoms with E-state index in [1.54, 1.807) is 0 Å². The molecule has 3 rings (SSSR count). The van der Waals surface area contributed by atoms with Gasteiger partial charge in [-0.05, 0) is 48.5 Å². The number of benzene rings is 3.